The van der Waals surface area contributed by atoms with E-state index in [1.807, 2.05) is 13.8 Å². The van der Waals surface area contributed by atoms with Crippen LogP contribution in [0.2, 0.25) is 0 Å². The molecule has 0 bridgehead atoms. The van der Waals surface area contributed by atoms with E-state index < -0.39 is 11.2 Å². The van der Waals surface area contributed by atoms with Crippen molar-refractivity contribution < 1.29 is 0 Å². The van der Waals surface area contributed by atoms with Crippen LogP contribution in [0.1, 0.15) is 13.8 Å². The zero-order chi connectivity index (χ0) is 12.1. The van der Waals surface area contributed by atoms with Crippen molar-refractivity contribution in [1.82, 2.24) is 14.5 Å². The fourth-order valence-corrected chi connectivity index (χ4v) is 1.72. The second kappa shape index (κ2) is 5.41. The first-order valence-electron chi connectivity index (χ1n) is 4.88. The molecule has 0 aliphatic rings. The quantitative estimate of drug-likeness (QED) is 0.813. The van der Waals surface area contributed by atoms with E-state index in [4.69, 9.17) is 0 Å². The van der Waals surface area contributed by atoms with Crippen LogP contribution >= 0.6 is 11.3 Å². The Morgan fingerprint density at radius 3 is 2.62 bits per heavy atom. The number of nitrogens with zero attached hydrogens (tertiary/aromatic N) is 2. The number of nitrogens with one attached hydrogen (secondary N) is 1. The van der Waals surface area contributed by atoms with Gasteiger partial charge in [-0.25, -0.2) is 9.78 Å². The van der Waals surface area contributed by atoms with Gasteiger partial charge in [-0.05, 0) is 0 Å². The molecule has 0 unspecified atom stereocenters. The lowest BCUT2D eigenvalue weighted by Crippen LogP contribution is -2.28. The van der Waals surface area contributed by atoms with E-state index in [2.05, 4.69) is 9.97 Å². The molecule has 0 spiro atoms. The van der Waals surface area contributed by atoms with Crippen LogP contribution in [0.15, 0.2) is 27.4 Å². The highest BCUT2D eigenvalue weighted by molar-refractivity contribution is 7.13. The van der Waals surface area contributed by atoms with Crippen LogP contribution in [-0.4, -0.2) is 14.5 Å². The highest BCUT2D eigenvalue weighted by atomic mass is 32.1. The fraction of sp³-hybridized carbons (Fsp3) is 0.300. The minimum Gasteiger partial charge on any atom is -0.303 e. The van der Waals surface area contributed by atoms with Gasteiger partial charge in [0.25, 0.3) is 5.56 Å². The first-order chi connectivity index (χ1) is 7.68. The third kappa shape index (κ3) is 2.46. The summed E-state index contributed by atoms with van der Waals surface area (Å²) >= 11 is 1.36. The van der Waals surface area contributed by atoms with Crippen molar-refractivity contribution in [3.8, 4) is 10.6 Å². The molecule has 0 aliphatic carbocycles. The van der Waals surface area contributed by atoms with Crippen LogP contribution in [-0.2, 0) is 7.05 Å². The molecule has 2 aromatic rings. The van der Waals surface area contributed by atoms with Gasteiger partial charge in [0, 0.05) is 24.8 Å². The SMILES string of the molecule is CC.Cn1cc(-c2nccs2)c(=O)[nH]c1=O. The van der Waals surface area contributed by atoms with Gasteiger partial charge >= 0.3 is 5.69 Å². The number of rotatable bonds is 1. The molecule has 0 aromatic carbocycles. The minimum atomic E-state index is -0.421. The van der Waals surface area contributed by atoms with E-state index in [-0.39, 0.29) is 0 Å². The van der Waals surface area contributed by atoms with Crippen LogP contribution in [0.3, 0.4) is 0 Å². The molecule has 0 saturated heterocycles. The monoisotopic (exact) mass is 239 g/mol. The van der Waals surface area contributed by atoms with Gasteiger partial charge in [-0.1, -0.05) is 13.8 Å². The molecule has 86 valence electrons. The number of hydrogen-bond donors (Lipinski definition) is 1. The number of aromatic amines is 1. The van der Waals surface area contributed by atoms with E-state index >= 15 is 0 Å². The van der Waals surface area contributed by atoms with Crippen LogP contribution in [0.4, 0.5) is 0 Å². The van der Waals surface area contributed by atoms with Gasteiger partial charge in [-0.3, -0.25) is 9.78 Å². The van der Waals surface area contributed by atoms with Crippen molar-refractivity contribution in [2.45, 2.75) is 13.8 Å². The van der Waals surface area contributed by atoms with Gasteiger partial charge in [0.15, 0.2) is 0 Å². The average molecular weight is 239 g/mol. The molecule has 0 aliphatic heterocycles. The molecule has 0 fully saturated rings. The van der Waals surface area contributed by atoms with Crippen molar-refractivity contribution in [3.63, 3.8) is 0 Å². The number of aromatic nitrogens is 3. The minimum absolute atomic E-state index is 0.400. The van der Waals surface area contributed by atoms with Crippen molar-refractivity contribution in [1.29, 1.82) is 0 Å². The fourth-order valence-electron chi connectivity index (χ4n) is 1.07. The third-order valence-electron chi connectivity index (χ3n) is 1.77. The molecule has 16 heavy (non-hydrogen) atoms. The molecule has 0 saturated carbocycles. The molecular weight excluding hydrogens is 226 g/mol. The lowest BCUT2D eigenvalue weighted by atomic mass is 10.3. The van der Waals surface area contributed by atoms with E-state index in [0.29, 0.717) is 10.6 Å². The molecule has 1 N–H and O–H groups in total. The number of H-pyrrole nitrogens is 1. The molecule has 6 heteroatoms. The molecule has 2 aromatic heterocycles. The lowest BCUT2D eigenvalue weighted by Gasteiger charge is -1.98. The summed E-state index contributed by atoms with van der Waals surface area (Å²) in [5.41, 5.74) is -0.402. The number of hydrogen-bond acceptors (Lipinski definition) is 4. The molecule has 5 nitrogen and oxygen atoms in total. The Hall–Kier alpha value is -1.69. The van der Waals surface area contributed by atoms with E-state index in [0.717, 1.165) is 0 Å². The highest BCUT2D eigenvalue weighted by Gasteiger charge is 2.06. The van der Waals surface area contributed by atoms with Crippen molar-refractivity contribution in [2.75, 3.05) is 0 Å². The largest absolute Gasteiger partial charge is 0.328 e. The first kappa shape index (κ1) is 12.4. The summed E-state index contributed by atoms with van der Waals surface area (Å²) in [6.07, 6.45) is 3.10. The topological polar surface area (TPSA) is 67.8 Å². The van der Waals surface area contributed by atoms with Crippen molar-refractivity contribution >= 4 is 11.3 Å². The van der Waals surface area contributed by atoms with Gasteiger partial charge in [-0.15, -0.1) is 11.3 Å². The smallest absolute Gasteiger partial charge is 0.303 e. The van der Waals surface area contributed by atoms with E-state index in [1.54, 1.807) is 18.6 Å². The lowest BCUT2D eigenvalue weighted by molar-refractivity contribution is 0.802. The summed E-state index contributed by atoms with van der Waals surface area (Å²) in [7, 11) is 1.58. The Labute approximate surface area is 96.4 Å². The summed E-state index contributed by atoms with van der Waals surface area (Å²) in [4.78, 5) is 28.7. The molecule has 0 atom stereocenters. The van der Waals surface area contributed by atoms with Crippen molar-refractivity contribution in [2.24, 2.45) is 7.05 Å². The van der Waals surface area contributed by atoms with Gasteiger partial charge in [0.05, 0.1) is 5.56 Å². The normalized spacial score (nSPS) is 9.44. The standard InChI is InChI=1S/C8H7N3O2S.C2H6/c1-11-4-5(6(12)10-8(11)13)7-9-2-3-14-7;1-2/h2-4H,1H3,(H,10,12,13);1-2H3. The van der Waals surface area contributed by atoms with Crippen LogP contribution in [0, 0.1) is 0 Å². The Bertz CT molecular complexity index is 554. The molecule has 2 heterocycles. The molecular formula is C10H13N3O2S. The maximum Gasteiger partial charge on any atom is 0.328 e. The Morgan fingerprint density at radius 1 is 1.38 bits per heavy atom. The third-order valence-corrected chi connectivity index (χ3v) is 2.58. The number of thiazole rings is 1. The predicted octanol–water partition coefficient (Wildman–Crippen LogP) is 1.22. The Kier molecular flexibility index (Phi) is 4.19. The second-order valence-electron chi connectivity index (χ2n) is 2.75. The molecule has 0 radical (unpaired) electrons. The highest BCUT2D eigenvalue weighted by Crippen LogP contribution is 2.15. The summed E-state index contributed by atoms with van der Waals surface area (Å²) in [5, 5.41) is 2.39. The summed E-state index contributed by atoms with van der Waals surface area (Å²) in [6, 6.07) is 0. The summed E-state index contributed by atoms with van der Waals surface area (Å²) in [6.45, 7) is 4.00. The van der Waals surface area contributed by atoms with Gasteiger partial charge < -0.3 is 4.57 Å². The summed E-state index contributed by atoms with van der Waals surface area (Å²) in [5.74, 6) is 0. The number of aryl methyl sites for hydroxylation is 1. The van der Waals surface area contributed by atoms with Crippen molar-refractivity contribution in [3.05, 3.63) is 38.6 Å². The van der Waals surface area contributed by atoms with Crippen LogP contribution in [0.25, 0.3) is 10.6 Å². The van der Waals surface area contributed by atoms with Crippen LogP contribution < -0.4 is 11.2 Å². The zero-order valence-electron chi connectivity index (χ0n) is 9.35. The maximum atomic E-state index is 11.4. The molecule has 0 amide bonds. The zero-order valence-corrected chi connectivity index (χ0v) is 10.2. The van der Waals surface area contributed by atoms with E-state index in [1.165, 1.54) is 22.1 Å². The van der Waals surface area contributed by atoms with E-state index in [9.17, 15) is 9.59 Å². The first-order valence-corrected chi connectivity index (χ1v) is 5.76. The predicted molar refractivity (Wildman–Crippen MR) is 64.8 cm³/mol. The Balaban J connectivity index is 0.000000606. The molecule has 2 rings (SSSR count). The van der Waals surface area contributed by atoms with Crippen LogP contribution in [0.5, 0.6) is 0 Å². The average Bonchev–Trinajstić information content (AvgIpc) is 2.79. The van der Waals surface area contributed by atoms with Gasteiger partial charge in [-0.2, -0.15) is 0 Å². The Morgan fingerprint density at radius 2 is 2.06 bits per heavy atom. The van der Waals surface area contributed by atoms with Gasteiger partial charge in [0.1, 0.15) is 5.01 Å². The maximum absolute atomic E-state index is 11.4. The summed E-state index contributed by atoms with van der Waals surface area (Å²) < 4.78 is 1.32. The van der Waals surface area contributed by atoms with Gasteiger partial charge in [0.2, 0.25) is 0 Å². The second-order valence-corrected chi connectivity index (χ2v) is 3.64.